The van der Waals surface area contributed by atoms with Crippen molar-refractivity contribution in [1.82, 2.24) is 5.32 Å². The van der Waals surface area contributed by atoms with Crippen LogP contribution in [0, 0.1) is 5.92 Å². The summed E-state index contributed by atoms with van der Waals surface area (Å²) >= 11 is 0. The predicted octanol–water partition coefficient (Wildman–Crippen LogP) is 3.03. The summed E-state index contributed by atoms with van der Waals surface area (Å²) in [7, 11) is 0. The number of amides is 1. The molecule has 0 aliphatic heterocycles. The highest BCUT2D eigenvalue weighted by Gasteiger charge is 2.26. The fourth-order valence-corrected chi connectivity index (χ4v) is 3.20. The third-order valence-corrected chi connectivity index (χ3v) is 4.42. The minimum atomic E-state index is 0.0993. The zero-order chi connectivity index (χ0) is 15.1. The van der Waals surface area contributed by atoms with Crippen molar-refractivity contribution >= 4 is 5.91 Å². The Morgan fingerprint density at radius 3 is 2.71 bits per heavy atom. The van der Waals surface area contributed by atoms with Gasteiger partial charge in [-0.05, 0) is 44.1 Å². The lowest BCUT2D eigenvalue weighted by Gasteiger charge is -2.32. The molecule has 3 nitrogen and oxygen atoms in total. The molecule has 3 N–H and O–H groups in total. The van der Waals surface area contributed by atoms with Gasteiger partial charge in [0, 0.05) is 18.5 Å². The highest BCUT2D eigenvalue weighted by Crippen LogP contribution is 2.27. The summed E-state index contributed by atoms with van der Waals surface area (Å²) in [6.45, 7) is 1.95. The number of nitrogens with one attached hydrogen (secondary N) is 1. The van der Waals surface area contributed by atoms with Crippen LogP contribution in [-0.2, 0) is 11.2 Å². The van der Waals surface area contributed by atoms with Crippen LogP contribution in [0.1, 0.15) is 51.0 Å². The van der Waals surface area contributed by atoms with E-state index in [1.54, 1.807) is 0 Å². The Kier molecular flexibility index (Phi) is 6.24. The molecular formula is C18H28N2O. The smallest absolute Gasteiger partial charge is 0.220 e. The lowest BCUT2D eigenvalue weighted by atomic mass is 9.80. The number of carbonyl (C=O) groups is 1. The van der Waals surface area contributed by atoms with Gasteiger partial charge in [0.25, 0.3) is 0 Å². The summed E-state index contributed by atoms with van der Waals surface area (Å²) in [6, 6.07) is 11.0. The van der Waals surface area contributed by atoms with Crippen LogP contribution in [-0.4, -0.2) is 18.0 Å². The first-order valence-electron chi connectivity index (χ1n) is 8.24. The number of hydrogen-bond acceptors (Lipinski definition) is 2. The number of nitrogens with two attached hydrogens (primary N) is 1. The standard InChI is InChI=1S/C18H28N2O/c1-14(19)11-12-18(21)20-17-10-6-5-9-16(17)13-15-7-3-2-4-8-15/h2-4,7-8,14,16-17H,5-6,9-13,19H2,1H3,(H,20,21). The van der Waals surface area contributed by atoms with Gasteiger partial charge in [-0.15, -0.1) is 0 Å². The van der Waals surface area contributed by atoms with Gasteiger partial charge in [0.15, 0.2) is 0 Å². The van der Waals surface area contributed by atoms with Gasteiger partial charge in [0.2, 0.25) is 5.91 Å². The molecule has 3 heteroatoms. The zero-order valence-electron chi connectivity index (χ0n) is 13.1. The fourth-order valence-electron chi connectivity index (χ4n) is 3.20. The van der Waals surface area contributed by atoms with E-state index >= 15 is 0 Å². The Bertz CT molecular complexity index is 430. The lowest BCUT2D eigenvalue weighted by molar-refractivity contribution is -0.122. The largest absolute Gasteiger partial charge is 0.353 e. The SMILES string of the molecule is CC(N)CCC(=O)NC1CCCCC1Cc1ccccc1. The van der Waals surface area contributed by atoms with Gasteiger partial charge < -0.3 is 11.1 Å². The topological polar surface area (TPSA) is 55.1 Å². The molecule has 1 aliphatic rings. The van der Waals surface area contributed by atoms with E-state index in [1.165, 1.54) is 24.8 Å². The van der Waals surface area contributed by atoms with Crippen molar-refractivity contribution in [2.75, 3.05) is 0 Å². The van der Waals surface area contributed by atoms with Crippen molar-refractivity contribution < 1.29 is 4.79 Å². The molecule has 0 bridgehead atoms. The van der Waals surface area contributed by atoms with E-state index in [9.17, 15) is 4.79 Å². The van der Waals surface area contributed by atoms with Crippen molar-refractivity contribution in [1.29, 1.82) is 0 Å². The van der Waals surface area contributed by atoms with Gasteiger partial charge >= 0.3 is 0 Å². The lowest BCUT2D eigenvalue weighted by Crippen LogP contribution is -2.43. The monoisotopic (exact) mass is 288 g/mol. The Morgan fingerprint density at radius 2 is 2.00 bits per heavy atom. The molecule has 0 aromatic heterocycles. The Hall–Kier alpha value is -1.35. The molecule has 1 aliphatic carbocycles. The molecule has 0 radical (unpaired) electrons. The van der Waals surface area contributed by atoms with Crippen molar-refractivity contribution in [3.8, 4) is 0 Å². The minimum absolute atomic E-state index is 0.0993. The van der Waals surface area contributed by atoms with Crippen LogP contribution < -0.4 is 11.1 Å². The molecule has 2 rings (SSSR count). The summed E-state index contributed by atoms with van der Waals surface area (Å²) < 4.78 is 0. The maximum absolute atomic E-state index is 12.0. The number of rotatable bonds is 6. The molecule has 21 heavy (non-hydrogen) atoms. The summed E-state index contributed by atoms with van der Waals surface area (Å²) in [5.41, 5.74) is 7.10. The molecule has 1 aromatic carbocycles. The maximum Gasteiger partial charge on any atom is 0.220 e. The third-order valence-electron chi connectivity index (χ3n) is 4.42. The molecular weight excluding hydrogens is 260 g/mol. The van der Waals surface area contributed by atoms with Gasteiger partial charge in [-0.1, -0.05) is 43.2 Å². The molecule has 3 unspecified atom stereocenters. The van der Waals surface area contributed by atoms with Crippen LogP contribution in [0.3, 0.4) is 0 Å². The van der Waals surface area contributed by atoms with E-state index < -0.39 is 0 Å². The van der Waals surface area contributed by atoms with Crippen LogP contribution in [0.25, 0.3) is 0 Å². The summed E-state index contributed by atoms with van der Waals surface area (Å²) in [5, 5.41) is 3.25. The number of benzene rings is 1. The third kappa shape index (κ3) is 5.50. The average molecular weight is 288 g/mol. The van der Waals surface area contributed by atoms with Crippen LogP contribution in [0.2, 0.25) is 0 Å². The minimum Gasteiger partial charge on any atom is -0.353 e. The molecule has 1 amide bonds. The van der Waals surface area contributed by atoms with E-state index in [0.717, 1.165) is 19.3 Å². The molecule has 0 heterocycles. The second-order valence-corrected chi connectivity index (χ2v) is 6.42. The Balaban J connectivity index is 1.88. The van der Waals surface area contributed by atoms with Gasteiger partial charge in [-0.25, -0.2) is 0 Å². The maximum atomic E-state index is 12.0. The van der Waals surface area contributed by atoms with Gasteiger partial charge in [0.05, 0.1) is 0 Å². The second-order valence-electron chi connectivity index (χ2n) is 6.42. The van der Waals surface area contributed by atoms with E-state index in [-0.39, 0.29) is 11.9 Å². The second kappa shape index (κ2) is 8.18. The van der Waals surface area contributed by atoms with Crippen LogP contribution >= 0.6 is 0 Å². The molecule has 3 atom stereocenters. The highest BCUT2D eigenvalue weighted by molar-refractivity contribution is 5.76. The molecule has 1 aromatic rings. The summed E-state index contributed by atoms with van der Waals surface area (Å²) in [5.74, 6) is 0.734. The predicted molar refractivity (Wildman–Crippen MR) is 86.9 cm³/mol. The molecule has 1 fully saturated rings. The Labute approximate surface area is 128 Å². The normalized spacial score (nSPS) is 23.5. The summed E-state index contributed by atoms with van der Waals surface area (Å²) in [6.07, 6.45) is 7.22. The van der Waals surface area contributed by atoms with Gasteiger partial charge in [-0.3, -0.25) is 4.79 Å². The molecule has 116 valence electrons. The van der Waals surface area contributed by atoms with E-state index in [4.69, 9.17) is 5.73 Å². The van der Waals surface area contributed by atoms with Gasteiger partial charge in [-0.2, -0.15) is 0 Å². The summed E-state index contributed by atoms with van der Waals surface area (Å²) in [4.78, 5) is 12.0. The molecule has 0 spiro atoms. The van der Waals surface area contributed by atoms with Crippen molar-refractivity contribution in [2.45, 2.75) is 64.0 Å². The number of carbonyl (C=O) groups excluding carboxylic acids is 1. The zero-order valence-corrected chi connectivity index (χ0v) is 13.1. The van der Waals surface area contributed by atoms with Crippen LogP contribution in [0.4, 0.5) is 0 Å². The van der Waals surface area contributed by atoms with E-state index in [2.05, 4.69) is 35.6 Å². The van der Waals surface area contributed by atoms with Crippen molar-refractivity contribution in [3.05, 3.63) is 35.9 Å². The first kappa shape index (κ1) is 16.0. The first-order valence-corrected chi connectivity index (χ1v) is 8.24. The highest BCUT2D eigenvalue weighted by atomic mass is 16.1. The van der Waals surface area contributed by atoms with Crippen molar-refractivity contribution in [3.63, 3.8) is 0 Å². The fraction of sp³-hybridized carbons (Fsp3) is 0.611. The average Bonchev–Trinajstić information content (AvgIpc) is 2.48. The van der Waals surface area contributed by atoms with Crippen molar-refractivity contribution in [2.24, 2.45) is 11.7 Å². The molecule has 1 saturated carbocycles. The Morgan fingerprint density at radius 1 is 1.29 bits per heavy atom. The molecule has 0 saturated heterocycles. The number of hydrogen-bond donors (Lipinski definition) is 2. The van der Waals surface area contributed by atoms with Gasteiger partial charge in [0.1, 0.15) is 0 Å². The first-order chi connectivity index (χ1) is 10.1. The van der Waals surface area contributed by atoms with E-state index in [0.29, 0.717) is 18.4 Å². The van der Waals surface area contributed by atoms with Crippen LogP contribution in [0.5, 0.6) is 0 Å². The quantitative estimate of drug-likeness (QED) is 0.845. The van der Waals surface area contributed by atoms with Crippen LogP contribution in [0.15, 0.2) is 30.3 Å². The van der Waals surface area contributed by atoms with E-state index in [1.807, 2.05) is 6.92 Å².